The number of carbonyl (C=O) groups is 2. The monoisotopic (exact) mass is 760 g/mol. The van der Waals surface area contributed by atoms with Crippen molar-refractivity contribution in [1.82, 2.24) is 28.9 Å². The Morgan fingerprint density at radius 3 is 2.35 bits per heavy atom. The minimum absolute atomic E-state index is 0.107. The summed E-state index contributed by atoms with van der Waals surface area (Å²) in [6.45, 7) is 4.91. The molecule has 0 spiro atoms. The van der Waals surface area contributed by atoms with E-state index in [0.717, 1.165) is 66.2 Å². The average Bonchev–Trinajstić information content (AvgIpc) is 3.67. The first-order chi connectivity index (χ1) is 25.8. The third-order valence-corrected chi connectivity index (χ3v) is 12.7. The molecule has 2 saturated heterocycles. The molecule has 3 fully saturated rings. The van der Waals surface area contributed by atoms with Crippen LogP contribution in [0.5, 0.6) is 5.75 Å². The lowest BCUT2D eigenvalue weighted by Crippen LogP contribution is -2.53. The highest BCUT2D eigenvalue weighted by atomic mass is 32.2. The number of halogens is 3. The van der Waals surface area contributed by atoms with Gasteiger partial charge in [-0.3, -0.25) is 23.9 Å². The second kappa shape index (κ2) is 14.1. The van der Waals surface area contributed by atoms with E-state index in [1.165, 1.54) is 35.7 Å². The number of carbonyl (C=O) groups excluding carboxylic acids is 2. The fourth-order valence-corrected chi connectivity index (χ4v) is 9.75. The van der Waals surface area contributed by atoms with Gasteiger partial charge in [-0.05, 0) is 104 Å². The fourth-order valence-electron chi connectivity index (χ4n) is 9.29. The number of amides is 2. The molecule has 5 heterocycles. The molecule has 9 nitrogen and oxygen atoms in total. The molecular formula is C41H47F3N6O3S. The van der Waals surface area contributed by atoms with Gasteiger partial charge in [-0.15, -0.1) is 0 Å². The van der Waals surface area contributed by atoms with Crippen molar-refractivity contribution in [2.75, 3.05) is 27.2 Å². The summed E-state index contributed by atoms with van der Waals surface area (Å²) in [4.78, 5) is 31.8. The lowest BCUT2D eigenvalue weighted by Gasteiger charge is -2.39. The van der Waals surface area contributed by atoms with Crippen molar-refractivity contribution in [2.24, 2.45) is 7.05 Å². The Hall–Kier alpha value is -4.23. The first-order valence-electron chi connectivity index (χ1n) is 19.0. The zero-order chi connectivity index (χ0) is 38.1. The smallest absolute Gasteiger partial charge is 0.435 e. The maximum Gasteiger partial charge on any atom is 0.435 e. The number of ether oxygens (including phenoxy) is 1. The predicted molar refractivity (Wildman–Crippen MR) is 207 cm³/mol. The third-order valence-electron chi connectivity index (χ3n) is 11.9. The summed E-state index contributed by atoms with van der Waals surface area (Å²) in [7, 11) is 5.11. The number of alkyl halides is 3. The summed E-state index contributed by atoms with van der Waals surface area (Å²) >= 11 is 1.35. The molecule has 3 aliphatic heterocycles. The number of likely N-dealkylation sites (tertiary alicyclic amines) is 1. The van der Waals surface area contributed by atoms with Crippen molar-refractivity contribution in [2.45, 2.75) is 94.8 Å². The van der Waals surface area contributed by atoms with Crippen LogP contribution in [0, 0.1) is 0 Å². The van der Waals surface area contributed by atoms with E-state index in [9.17, 15) is 22.8 Å². The van der Waals surface area contributed by atoms with Crippen LogP contribution in [0.1, 0.15) is 108 Å². The van der Waals surface area contributed by atoms with Crippen molar-refractivity contribution in [3.63, 3.8) is 0 Å². The second-order valence-electron chi connectivity index (χ2n) is 15.6. The topological polar surface area (TPSA) is 84.6 Å². The molecule has 8 rings (SSSR count). The summed E-state index contributed by atoms with van der Waals surface area (Å²) in [6.07, 6.45) is 4.30. The van der Waals surface area contributed by atoms with Gasteiger partial charge in [0.2, 0.25) is 0 Å². The highest BCUT2D eigenvalue weighted by Crippen LogP contribution is 2.48. The molecular weight excluding hydrogens is 714 g/mol. The molecule has 54 heavy (non-hydrogen) atoms. The van der Waals surface area contributed by atoms with E-state index < -0.39 is 23.3 Å². The molecule has 1 saturated carbocycles. The minimum Gasteiger partial charge on any atom is -0.497 e. The Kier molecular flexibility index (Phi) is 9.61. The molecule has 2 aromatic heterocycles. The number of piperazine rings is 1. The van der Waals surface area contributed by atoms with Gasteiger partial charge in [-0.1, -0.05) is 39.2 Å². The molecule has 2 amide bonds. The third kappa shape index (κ3) is 6.40. The number of allylic oxidation sites excluding steroid dienone is 1. The zero-order valence-corrected chi connectivity index (χ0v) is 32.2. The van der Waals surface area contributed by atoms with Gasteiger partial charge < -0.3 is 14.2 Å². The Labute approximate surface area is 318 Å². The Balaban J connectivity index is 1.35. The minimum atomic E-state index is -4.85. The molecule has 2 atom stereocenters. The Morgan fingerprint density at radius 2 is 1.69 bits per heavy atom. The van der Waals surface area contributed by atoms with Crippen molar-refractivity contribution in [1.29, 1.82) is 0 Å². The van der Waals surface area contributed by atoms with E-state index >= 15 is 0 Å². The van der Waals surface area contributed by atoms with Gasteiger partial charge in [0.25, 0.3) is 11.8 Å². The molecule has 2 unspecified atom stereocenters. The fraction of sp³-hybridized carbons (Fsp3) is 0.488. The predicted octanol–water partition coefficient (Wildman–Crippen LogP) is 8.38. The van der Waals surface area contributed by atoms with Crippen molar-refractivity contribution in [3.8, 4) is 17.0 Å². The summed E-state index contributed by atoms with van der Waals surface area (Å²) in [5, 5.41) is 5.25. The number of aryl methyl sites for hydroxylation is 1. The Morgan fingerprint density at radius 1 is 0.963 bits per heavy atom. The van der Waals surface area contributed by atoms with E-state index in [1.54, 1.807) is 12.0 Å². The van der Waals surface area contributed by atoms with Crippen LogP contribution in [-0.4, -0.2) is 80.5 Å². The van der Waals surface area contributed by atoms with Crippen LogP contribution in [0.4, 0.5) is 13.2 Å². The van der Waals surface area contributed by atoms with Gasteiger partial charge in [0.1, 0.15) is 5.75 Å². The lowest BCUT2D eigenvalue weighted by atomic mass is 9.81. The number of benzene rings is 2. The van der Waals surface area contributed by atoms with E-state index in [2.05, 4.69) is 19.3 Å². The highest BCUT2D eigenvalue weighted by Gasteiger charge is 2.46. The summed E-state index contributed by atoms with van der Waals surface area (Å²) < 4.78 is 56.8. The first kappa shape index (κ1) is 36.7. The maximum atomic E-state index is 14.9. The van der Waals surface area contributed by atoms with Gasteiger partial charge in [-0.25, -0.2) is 0 Å². The van der Waals surface area contributed by atoms with Gasteiger partial charge in [0.05, 0.1) is 30.6 Å². The number of methoxy groups -OCH3 is 1. The van der Waals surface area contributed by atoms with Gasteiger partial charge >= 0.3 is 6.18 Å². The number of hydrogen-bond donors (Lipinski definition) is 1. The van der Waals surface area contributed by atoms with Crippen molar-refractivity contribution >= 4 is 46.3 Å². The van der Waals surface area contributed by atoms with Crippen molar-refractivity contribution < 1.29 is 27.5 Å². The number of nitrogens with one attached hydrogen (secondary N) is 1. The van der Waals surface area contributed by atoms with Gasteiger partial charge in [-0.2, -0.15) is 18.3 Å². The highest BCUT2D eigenvalue weighted by molar-refractivity contribution is 7.98. The second-order valence-corrected chi connectivity index (χ2v) is 17.0. The molecule has 1 aliphatic carbocycles. The summed E-state index contributed by atoms with van der Waals surface area (Å²) in [5.74, 6) is 0.0206. The van der Waals surface area contributed by atoms with Crippen LogP contribution in [0.3, 0.4) is 0 Å². The number of fused-ring (bicyclic) bond motifs is 7. The van der Waals surface area contributed by atoms with Crippen LogP contribution in [0.15, 0.2) is 36.4 Å². The van der Waals surface area contributed by atoms with Crippen LogP contribution in [-0.2, 0) is 19.8 Å². The average molecular weight is 761 g/mol. The van der Waals surface area contributed by atoms with E-state index in [4.69, 9.17) is 4.74 Å². The number of likely N-dealkylation sites (N-methyl/N-ethyl adjacent to an activating group) is 1. The van der Waals surface area contributed by atoms with Crippen molar-refractivity contribution in [3.05, 3.63) is 70.0 Å². The van der Waals surface area contributed by atoms with Gasteiger partial charge in [0, 0.05) is 59.5 Å². The largest absolute Gasteiger partial charge is 0.497 e. The molecule has 2 aromatic carbocycles. The number of hydrogen-bond acceptors (Lipinski definition) is 6. The number of nitrogens with zero attached hydrogens (tertiary/aromatic N) is 5. The maximum absolute atomic E-state index is 14.9. The molecule has 1 N–H and O–H groups in total. The zero-order valence-electron chi connectivity index (χ0n) is 31.4. The molecule has 13 heteroatoms. The first-order valence-corrected chi connectivity index (χ1v) is 19.9. The van der Waals surface area contributed by atoms with E-state index in [1.807, 2.05) is 63.4 Å². The number of rotatable bonds is 7. The van der Waals surface area contributed by atoms with E-state index in [-0.39, 0.29) is 41.4 Å². The van der Waals surface area contributed by atoms with Crippen LogP contribution in [0.25, 0.3) is 33.8 Å². The molecule has 286 valence electrons. The number of aromatic nitrogens is 3. The Bertz CT molecular complexity index is 2150. The van der Waals surface area contributed by atoms with E-state index in [0.29, 0.717) is 30.0 Å². The molecule has 2 bridgehead atoms. The SMILES string of the molecule is COc1ccc2c(c1)C=C(c1c(C(=O)N3CC4CCC(C3)N4C)c(C(F)(F)F)nn1C)Cn1c-2c(C2CCCCC2)c2ccc(C(=O)NSC(C)C)cc21. The summed E-state index contributed by atoms with van der Waals surface area (Å²) in [5.41, 5.74) is 4.27. The van der Waals surface area contributed by atoms with Crippen LogP contribution >= 0.6 is 11.9 Å². The molecule has 4 aliphatic rings. The molecule has 0 radical (unpaired) electrons. The lowest BCUT2D eigenvalue weighted by molar-refractivity contribution is -0.141. The normalized spacial score (nSPS) is 20.5. The van der Waals surface area contributed by atoms with Gasteiger partial charge in [0.15, 0.2) is 5.69 Å². The standard InChI is InChI=1S/C41H47F3N6O3S/c1-23(2)54-46-39(51)25-11-15-32-33(19-25)50-20-27(17-26-18-30(53-5)14-16-31(26)37(50)34(32)24-9-7-6-8-10-24)36-35(38(41(42,43)44)45-48(36)4)40(52)49-21-28-12-13-29(22-49)47(28)3/h11,14-19,23-24,28-29H,6-10,12-13,20-22H2,1-5H3,(H,46,51). The summed E-state index contributed by atoms with van der Waals surface area (Å²) in [6, 6.07) is 11.9. The van der Waals surface area contributed by atoms with Crippen LogP contribution in [0.2, 0.25) is 0 Å². The molecule has 4 aromatic rings. The quantitative estimate of drug-likeness (QED) is 0.191. The van der Waals surface area contributed by atoms with Crippen LogP contribution < -0.4 is 9.46 Å².